The maximum Gasteiger partial charge on any atom is 0.357 e. The number of halogens is 1. The molecule has 0 unspecified atom stereocenters. The number of hydrogen-bond acceptors (Lipinski definition) is 5. The molecule has 29 heavy (non-hydrogen) atoms. The number of carbonyl (C=O) groups is 2. The third kappa shape index (κ3) is 5.03. The zero-order valence-corrected chi connectivity index (χ0v) is 17.7. The average molecular weight is 458 g/mol. The van der Waals surface area contributed by atoms with E-state index in [4.69, 9.17) is 9.47 Å². The maximum atomic E-state index is 12.4. The number of methoxy groups -OCH3 is 1. The minimum Gasteiger partial charge on any atom is -0.495 e. The second-order valence-corrected chi connectivity index (χ2v) is 7.33. The second kappa shape index (κ2) is 8.91. The molecule has 1 heterocycles. The van der Waals surface area contributed by atoms with Crippen LogP contribution in [0, 0.1) is 6.92 Å². The highest BCUT2D eigenvalue weighted by atomic mass is 79.9. The molecule has 0 bridgehead atoms. The van der Waals surface area contributed by atoms with Crippen LogP contribution >= 0.6 is 15.9 Å². The van der Waals surface area contributed by atoms with Crippen molar-refractivity contribution in [2.45, 2.75) is 20.0 Å². The minimum absolute atomic E-state index is 0.163. The first kappa shape index (κ1) is 20.6. The van der Waals surface area contributed by atoms with Gasteiger partial charge in [0.05, 0.1) is 18.5 Å². The molecule has 0 spiro atoms. The van der Waals surface area contributed by atoms with Crippen LogP contribution in [0.15, 0.2) is 53.0 Å². The molecule has 0 saturated carbocycles. The molecule has 1 atom stereocenters. The summed E-state index contributed by atoms with van der Waals surface area (Å²) in [4.78, 5) is 24.8. The number of anilines is 1. The maximum absolute atomic E-state index is 12.4. The Morgan fingerprint density at radius 1 is 1.14 bits per heavy atom. The van der Waals surface area contributed by atoms with Crippen molar-refractivity contribution in [3.8, 4) is 17.0 Å². The third-order valence-electron chi connectivity index (χ3n) is 4.20. The summed E-state index contributed by atoms with van der Waals surface area (Å²) in [7, 11) is 1.52. The summed E-state index contributed by atoms with van der Waals surface area (Å²) in [6.07, 6.45) is -1.01. The largest absolute Gasteiger partial charge is 0.495 e. The number of rotatable bonds is 6. The summed E-state index contributed by atoms with van der Waals surface area (Å²) in [5.74, 6) is -0.607. The number of amides is 1. The summed E-state index contributed by atoms with van der Waals surface area (Å²) < 4.78 is 11.5. The van der Waals surface area contributed by atoms with Crippen LogP contribution in [0.4, 0.5) is 5.69 Å². The van der Waals surface area contributed by atoms with E-state index in [9.17, 15) is 9.59 Å². The highest BCUT2D eigenvalue weighted by molar-refractivity contribution is 9.10. The zero-order valence-electron chi connectivity index (χ0n) is 16.2. The van der Waals surface area contributed by atoms with E-state index in [1.54, 1.807) is 18.2 Å². The van der Waals surface area contributed by atoms with E-state index in [1.807, 2.05) is 37.3 Å². The lowest BCUT2D eigenvalue weighted by atomic mass is 10.1. The van der Waals surface area contributed by atoms with Gasteiger partial charge in [0.2, 0.25) is 0 Å². The van der Waals surface area contributed by atoms with Gasteiger partial charge < -0.3 is 14.8 Å². The number of nitrogens with zero attached hydrogens (tertiary/aromatic N) is 1. The van der Waals surface area contributed by atoms with E-state index < -0.39 is 18.0 Å². The molecular weight excluding hydrogens is 438 g/mol. The molecule has 0 aliphatic heterocycles. The molecule has 0 fully saturated rings. The summed E-state index contributed by atoms with van der Waals surface area (Å²) in [6, 6.07) is 14.5. The molecule has 2 aromatic carbocycles. The van der Waals surface area contributed by atoms with Crippen LogP contribution < -0.4 is 10.1 Å². The topological polar surface area (TPSA) is 93.3 Å². The first-order valence-corrected chi connectivity index (χ1v) is 9.64. The predicted octanol–water partition coefficient (Wildman–Crippen LogP) is 4.34. The normalized spacial score (nSPS) is 11.6. The molecule has 0 aliphatic rings. The first-order valence-electron chi connectivity index (χ1n) is 8.85. The first-order chi connectivity index (χ1) is 13.9. The highest BCUT2D eigenvalue weighted by Crippen LogP contribution is 2.25. The number of nitrogens with one attached hydrogen (secondary N) is 2. The van der Waals surface area contributed by atoms with Gasteiger partial charge >= 0.3 is 5.97 Å². The van der Waals surface area contributed by atoms with E-state index in [2.05, 4.69) is 31.4 Å². The van der Waals surface area contributed by atoms with Gasteiger partial charge in [0.25, 0.3) is 5.91 Å². The van der Waals surface area contributed by atoms with Crippen LogP contribution in [0.25, 0.3) is 11.3 Å². The van der Waals surface area contributed by atoms with Crippen molar-refractivity contribution in [1.29, 1.82) is 0 Å². The van der Waals surface area contributed by atoms with Gasteiger partial charge in [0.1, 0.15) is 11.4 Å². The Morgan fingerprint density at radius 2 is 1.86 bits per heavy atom. The smallest absolute Gasteiger partial charge is 0.357 e. The number of ether oxygens (including phenoxy) is 2. The van der Waals surface area contributed by atoms with E-state index in [-0.39, 0.29) is 5.69 Å². The van der Waals surface area contributed by atoms with Crippen LogP contribution in [0.3, 0.4) is 0 Å². The molecular formula is C21H20BrN3O4. The number of aromatic amines is 1. The summed E-state index contributed by atoms with van der Waals surface area (Å²) in [5, 5.41) is 9.51. The molecule has 150 valence electrons. The fraction of sp³-hybridized carbons (Fsp3) is 0.190. The fourth-order valence-electron chi connectivity index (χ4n) is 2.63. The Bertz CT molecular complexity index is 1030. The predicted molar refractivity (Wildman–Crippen MR) is 113 cm³/mol. The zero-order chi connectivity index (χ0) is 21.0. The SMILES string of the molecule is COc1ccc(C)cc1NC(=O)[C@H](C)OC(=O)c1cc(-c2ccc(Br)cc2)n[nH]1. The molecule has 1 aromatic heterocycles. The molecule has 7 nitrogen and oxygen atoms in total. The summed E-state index contributed by atoms with van der Waals surface area (Å²) in [5.41, 5.74) is 3.09. The van der Waals surface area contributed by atoms with Crippen molar-refractivity contribution < 1.29 is 19.1 Å². The molecule has 0 radical (unpaired) electrons. The van der Waals surface area contributed by atoms with E-state index in [0.29, 0.717) is 17.1 Å². The quantitative estimate of drug-likeness (QED) is 0.536. The van der Waals surface area contributed by atoms with Gasteiger partial charge in [0, 0.05) is 10.0 Å². The van der Waals surface area contributed by atoms with Crippen molar-refractivity contribution >= 4 is 33.5 Å². The summed E-state index contributed by atoms with van der Waals surface area (Å²) >= 11 is 3.38. The van der Waals surface area contributed by atoms with Crippen LogP contribution in [-0.2, 0) is 9.53 Å². The molecule has 0 aliphatic carbocycles. The summed E-state index contributed by atoms with van der Waals surface area (Å²) in [6.45, 7) is 3.40. The molecule has 2 N–H and O–H groups in total. The lowest BCUT2D eigenvalue weighted by Crippen LogP contribution is -2.30. The average Bonchev–Trinajstić information content (AvgIpc) is 3.19. The number of aromatic nitrogens is 2. The lowest BCUT2D eigenvalue weighted by molar-refractivity contribution is -0.123. The van der Waals surface area contributed by atoms with Gasteiger partial charge in [0.15, 0.2) is 6.10 Å². The van der Waals surface area contributed by atoms with Gasteiger partial charge in [-0.1, -0.05) is 34.1 Å². The molecule has 8 heteroatoms. The van der Waals surface area contributed by atoms with Crippen molar-refractivity contribution in [2.75, 3.05) is 12.4 Å². The van der Waals surface area contributed by atoms with Gasteiger partial charge in [-0.25, -0.2) is 4.79 Å². The van der Waals surface area contributed by atoms with Crippen molar-refractivity contribution in [3.63, 3.8) is 0 Å². The number of benzene rings is 2. The van der Waals surface area contributed by atoms with Crippen LogP contribution in [0.5, 0.6) is 5.75 Å². The standard InChI is InChI=1S/C21H20BrN3O4/c1-12-4-9-19(28-3)17(10-12)23-20(26)13(2)29-21(27)18-11-16(24-25-18)14-5-7-15(22)8-6-14/h4-11,13H,1-3H3,(H,23,26)(H,24,25)/t13-/m0/s1. The number of carbonyl (C=O) groups excluding carboxylic acids is 2. The van der Waals surface area contributed by atoms with E-state index >= 15 is 0 Å². The third-order valence-corrected chi connectivity index (χ3v) is 4.73. The number of esters is 1. The number of H-pyrrole nitrogens is 1. The molecule has 3 aromatic rings. The molecule has 1 amide bonds. The van der Waals surface area contributed by atoms with Crippen molar-refractivity contribution in [2.24, 2.45) is 0 Å². The van der Waals surface area contributed by atoms with E-state index in [1.165, 1.54) is 14.0 Å². The van der Waals surface area contributed by atoms with Crippen LogP contribution in [-0.4, -0.2) is 35.3 Å². The number of hydrogen-bond donors (Lipinski definition) is 2. The molecule has 0 saturated heterocycles. The van der Waals surface area contributed by atoms with Gasteiger partial charge in [-0.2, -0.15) is 5.10 Å². The minimum atomic E-state index is -1.01. The second-order valence-electron chi connectivity index (χ2n) is 6.41. The number of aryl methyl sites for hydroxylation is 1. The lowest BCUT2D eigenvalue weighted by Gasteiger charge is -2.15. The van der Waals surface area contributed by atoms with Crippen LogP contribution in [0.1, 0.15) is 23.0 Å². The Labute approximate surface area is 176 Å². The van der Waals surface area contributed by atoms with Crippen molar-refractivity contribution in [1.82, 2.24) is 10.2 Å². The Hall–Kier alpha value is -3.13. The van der Waals surface area contributed by atoms with Gasteiger partial charge in [-0.05, 0) is 49.7 Å². The Balaban J connectivity index is 1.65. The van der Waals surface area contributed by atoms with Crippen LogP contribution in [0.2, 0.25) is 0 Å². The van der Waals surface area contributed by atoms with Gasteiger partial charge in [-0.15, -0.1) is 0 Å². The van der Waals surface area contributed by atoms with Crippen molar-refractivity contribution in [3.05, 3.63) is 64.3 Å². The fourth-order valence-corrected chi connectivity index (χ4v) is 2.89. The Morgan fingerprint density at radius 3 is 2.55 bits per heavy atom. The monoisotopic (exact) mass is 457 g/mol. The highest BCUT2D eigenvalue weighted by Gasteiger charge is 2.21. The molecule has 3 rings (SSSR count). The van der Waals surface area contributed by atoms with E-state index in [0.717, 1.165) is 15.6 Å². The Kier molecular flexibility index (Phi) is 6.33. The van der Waals surface area contributed by atoms with Gasteiger partial charge in [-0.3, -0.25) is 9.89 Å².